The van der Waals surface area contributed by atoms with Gasteiger partial charge in [0.25, 0.3) is 5.91 Å². The highest BCUT2D eigenvalue weighted by atomic mass is 32.1. The summed E-state index contributed by atoms with van der Waals surface area (Å²) in [5.74, 6) is -0.676. The SMILES string of the molecule is O=C(C[NH+]1CCN(C(=S)NCc2ccc(F)cc2)CC1)Nc1ccc(F)cc1. The molecule has 148 valence electrons. The number of carbonyl (C=O) groups is 1. The molecule has 3 rings (SSSR count). The lowest BCUT2D eigenvalue weighted by atomic mass is 10.2. The van der Waals surface area contributed by atoms with E-state index in [-0.39, 0.29) is 17.5 Å². The highest BCUT2D eigenvalue weighted by Crippen LogP contribution is 2.07. The quantitative estimate of drug-likeness (QED) is 0.654. The largest absolute Gasteiger partial charge is 0.358 e. The fourth-order valence-electron chi connectivity index (χ4n) is 3.06. The molecule has 1 aliphatic heterocycles. The van der Waals surface area contributed by atoms with Crippen molar-refractivity contribution in [3.8, 4) is 0 Å². The Kier molecular flexibility index (Phi) is 6.89. The molecule has 0 spiro atoms. The Morgan fingerprint density at radius 3 is 2.18 bits per heavy atom. The number of hydrogen-bond donors (Lipinski definition) is 3. The number of nitrogens with one attached hydrogen (secondary N) is 3. The van der Waals surface area contributed by atoms with Gasteiger partial charge < -0.3 is 20.4 Å². The third-order valence-electron chi connectivity index (χ3n) is 4.65. The summed E-state index contributed by atoms with van der Waals surface area (Å²) in [6, 6.07) is 12.1. The Morgan fingerprint density at radius 2 is 1.57 bits per heavy atom. The van der Waals surface area contributed by atoms with E-state index in [1.54, 1.807) is 24.3 Å². The second-order valence-corrected chi connectivity index (χ2v) is 7.14. The highest BCUT2D eigenvalue weighted by molar-refractivity contribution is 7.80. The van der Waals surface area contributed by atoms with E-state index in [1.807, 2.05) is 0 Å². The molecule has 0 saturated carbocycles. The minimum Gasteiger partial charge on any atom is -0.358 e. The molecule has 2 aromatic carbocycles. The molecule has 0 bridgehead atoms. The summed E-state index contributed by atoms with van der Waals surface area (Å²) in [7, 11) is 0. The monoisotopic (exact) mass is 405 g/mol. The van der Waals surface area contributed by atoms with Gasteiger partial charge in [-0.1, -0.05) is 12.1 Å². The molecule has 8 heteroatoms. The second kappa shape index (κ2) is 9.57. The Bertz CT molecular complexity index is 806. The van der Waals surface area contributed by atoms with Gasteiger partial charge in [-0.25, -0.2) is 8.78 Å². The molecule has 0 radical (unpaired) electrons. The number of nitrogens with zero attached hydrogens (tertiary/aromatic N) is 1. The van der Waals surface area contributed by atoms with Gasteiger partial charge in [0.15, 0.2) is 11.7 Å². The summed E-state index contributed by atoms with van der Waals surface area (Å²) in [6.07, 6.45) is 0. The number of halogens is 2. The first-order valence-corrected chi connectivity index (χ1v) is 9.56. The molecule has 1 aliphatic rings. The van der Waals surface area contributed by atoms with Crippen molar-refractivity contribution in [2.75, 3.05) is 38.0 Å². The van der Waals surface area contributed by atoms with E-state index in [0.29, 0.717) is 23.9 Å². The van der Waals surface area contributed by atoms with E-state index in [9.17, 15) is 13.6 Å². The second-order valence-electron chi connectivity index (χ2n) is 6.75. The van der Waals surface area contributed by atoms with Crippen LogP contribution in [0.2, 0.25) is 0 Å². The van der Waals surface area contributed by atoms with Crippen LogP contribution in [0.5, 0.6) is 0 Å². The molecule has 28 heavy (non-hydrogen) atoms. The standard InChI is InChI=1S/C20H22F2N4OS/c21-16-3-1-15(2-4-16)13-23-20(28)26-11-9-25(10-12-26)14-19(27)24-18-7-5-17(22)6-8-18/h1-8H,9-14H2,(H,23,28)(H,24,27)/p+1. The zero-order chi connectivity index (χ0) is 19.9. The number of anilines is 1. The van der Waals surface area contributed by atoms with Crippen molar-refractivity contribution in [2.45, 2.75) is 6.54 Å². The van der Waals surface area contributed by atoms with Crippen molar-refractivity contribution in [3.05, 3.63) is 65.7 Å². The molecule has 0 aromatic heterocycles. The number of hydrogen-bond acceptors (Lipinski definition) is 2. The molecule has 3 N–H and O–H groups in total. The van der Waals surface area contributed by atoms with Gasteiger partial charge in [-0.3, -0.25) is 4.79 Å². The molecule has 1 amide bonds. The predicted octanol–water partition coefficient (Wildman–Crippen LogP) is 1.18. The van der Waals surface area contributed by atoms with Gasteiger partial charge in [-0.15, -0.1) is 0 Å². The fraction of sp³-hybridized carbons (Fsp3) is 0.300. The lowest BCUT2D eigenvalue weighted by Crippen LogP contribution is -3.15. The fourth-order valence-corrected chi connectivity index (χ4v) is 3.31. The van der Waals surface area contributed by atoms with Crippen LogP contribution in [-0.2, 0) is 11.3 Å². The van der Waals surface area contributed by atoms with Crippen molar-refractivity contribution in [1.82, 2.24) is 10.2 Å². The molecule has 2 aromatic rings. The van der Waals surface area contributed by atoms with Crippen LogP contribution in [0.25, 0.3) is 0 Å². The van der Waals surface area contributed by atoms with Crippen molar-refractivity contribution >= 4 is 28.9 Å². The van der Waals surface area contributed by atoms with Gasteiger partial charge in [0.05, 0.1) is 26.2 Å². The topological polar surface area (TPSA) is 48.8 Å². The van der Waals surface area contributed by atoms with Gasteiger partial charge in [-0.2, -0.15) is 0 Å². The first-order chi connectivity index (χ1) is 13.5. The summed E-state index contributed by atoms with van der Waals surface area (Å²) in [6.45, 7) is 4.03. The summed E-state index contributed by atoms with van der Waals surface area (Å²) >= 11 is 5.44. The number of amides is 1. The summed E-state index contributed by atoms with van der Waals surface area (Å²) in [5, 5.41) is 6.65. The molecule has 1 heterocycles. The van der Waals surface area contributed by atoms with Crippen LogP contribution in [0, 0.1) is 11.6 Å². The molecule has 0 atom stereocenters. The molecular weight excluding hydrogens is 382 g/mol. The number of benzene rings is 2. The zero-order valence-corrected chi connectivity index (χ0v) is 16.2. The lowest BCUT2D eigenvalue weighted by molar-refractivity contribution is -0.895. The van der Waals surface area contributed by atoms with E-state index in [1.165, 1.54) is 29.2 Å². The van der Waals surface area contributed by atoms with E-state index in [0.717, 1.165) is 31.7 Å². The highest BCUT2D eigenvalue weighted by Gasteiger charge is 2.23. The van der Waals surface area contributed by atoms with Crippen LogP contribution >= 0.6 is 12.2 Å². The summed E-state index contributed by atoms with van der Waals surface area (Å²) in [4.78, 5) is 15.4. The maximum absolute atomic E-state index is 12.9. The van der Waals surface area contributed by atoms with Crippen molar-refractivity contribution in [2.24, 2.45) is 0 Å². The van der Waals surface area contributed by atoms with E-state index >= 15 is 0 Å². The maximum Gasteiger partial charge on any atom is 0.279 e. The van der Waals surface area contributed by atoms with E-state index in [4.69, 9.17) is 12.2 Å². The Balaban J connectivity index is 1.38. The van der Waals surface area contributed by atoms with E-state index < -0.39 is 0 Å². The molecule has 0 aliphatic carbocycles. The Hall–Kier alpha value is -2.58. The third-order valence-corrected chi connectivity index (χ3v) is 5.06. The van der Waals surface area contributed by atoms with Crippen molar-refractivity contribution in [1.29, 1.82) is 0 Å². The molecule has 1 saturated heterocycles. The molecular formula is C20H23F2N4OS+. The van der Waals surface area contributed by atoms with Crippen LogP contribution in [0.3, 0.4) is 0 Å². The van der Waals surface area contributed by atoms with Crippen LogP contribution in [-0.4, -0.2) is 48.6 Å². The van der Waals surface area contributed by atoms with Crippen LogP contribution in [0.15, 0.2) is 48.5 Å². The number of thiocarbonyl (C=S) groups is 1. The van der Waals surface area contributed by atoms with Gasteiger partial charge >= 0.3 is 0 Å². The summed E-state index contributed by atoms with van der Waals surface area (Å²) < 4.78 is 25.9. The Morgan fingerprint density at radius 1 is 1.00 bits per heavy atom. The average Bonchev–Trinajstić information content (AvgIpc) is 2.69. The van der Waals surface area contributed by atoms with E-state index in [2.05, 4.69) is 15.5 Å². The number of carbonyl (C=O) groups excluding carboxylic acids is 1. The average molecular weight is 405 g/mol. The van der Waals surface area contributed by atoms with Crippen LogP contribution < -0.4 is 15.5 Å². The first kappa shape index (κ1) is 20.2. The minimum absolute atomic E-state index is 0.0907. The number of quaternary nitrogens is 1. The van der Waals surface area contributed by atoms with Crippen LogP contribution in [0.4, 0.5) is 14.5 Å². The molecule has 0 unspecified atom stereocenters. The van der Waals surface area contributed by atoms with Gasteiger partial charge in [0.1, 0.15) is 11.6 Å². The first-order valence-electron chi connectivity index (χ1n) is 9.16. The van der Waals surface area contributed by atoms with Gasteiger partial charge in [0.2, 0.25) is 0 Å². The van der Waals surface area contributed by atoms with Crippen LogP contribution in [0.1, 0.15) is 5.56 Å². The zero-order valence-electron chi connectivity index (χ0n) is 15.4. The summed E-state index contributed by atoms with van der Waals surface area (Å²) in [5.41, 5.74) is 1.56. The lowest BCUT2D eigenvalue weighted by Gasteiger charge is -2.33. The predicted molar refractivity (Wildman–Crippen MR) is 108 cm³/mol. The smallest absolute Gasteiger partial charge is 0.279 e. The van der Waals surface area contributed by atoms with Crippen molar-refractivity contribution < 1.29 is 18.5 Å². The van der Waals surface area contributed by atoms with Gasteiger partial charge in [0, 0.05) is 12.2 Å². The normalized spacial score (nSPS) is 14.6. The molecule has 5 nitrogen and oxygen atoms in total. The van der Waals surface area contributed by atoms with Crippen molar-refractivity contribution in [3.63, 3.8) is 0 Å². The number of piperazine rings is 1. The number of rotatable bonds is 5. The molecule has 1 fully saturated rings. The third kappa shape index (κ3) is 5.97. The Labute approximate surface area is 168 Å². The minimum atomic E-state index is -0.330. The van der Waals surface area contributed by atoms with Gasteiger partial charge in [-0.05, 0) is 54.2 Å². The maximum atomic E-state index is 12.9.